The van der Waals surface area contributed by atoms with Gasteiger partial charge in [-0.15, -0.1) is 11.3 Å². The molecule has 2 fully saturated rings. The SMILES string of the molecule is COCCN(CC(=O)N(Cc1ccccc1)Cc1sccc1C)S(=O)(=O)CC12CCC(CC1=O)C2(C)C. The molecular formula is C28H38N2O5S2. The Morgan fingerprint density at radius 3 is 2.46 bits per heavy atom. The van der Waals surface area contributed by atoms with Crippen LogP contribution in [-0.4, -0.2) is 61.9 Å². The molecule has 0 radical (unpaired) electrons. The fraction of sp³-hybridized carbons (Fsp3) is 0.571. The van der Waals surface area contributed by atoms with Crippen LogP contribution < -0.4 is 0 Å². The van der Waals surface area contributed by atoms with Crippen LogP contribution in [0, 0.1) is 23.7 Å². The number of thiophene rings is 1. The molecular weight excluding hydrogens is 508 g/mol. The number of hydrogen-bond donors (Lipinski definition) is 0. The molecule has 0 spiro atoms. The summed E-state index contributed by atoms with van der Waals surface area (Å²) < 4.78 is 34.1. The van der Waals surface area contributed by atoms with Crippen LogP contribution in [0.4, 0.5) is 0 Å². The number of sulfonamides is 1. The molecule has 2 bridgehead atoms. The number of ether oxygens (including phenoxy) is 1. The molecule has 2 aromatic rings. The maximum Gasteiger partial charge on any atom is 0.238 e. The highest BCUT2D eigenvalue weighted by Crippen LogP contribution is 2.64. The monoisotopic (exact) mass is 546 g/mol. The second-order valence-corrected chi connectivity index (χ2v) is 14.0. The van der Waals surface area contributed by atoms with Gasteiger partial charge in [0.1, 0.15) is 5.78 Å². The van der Waals surface area contributed by atoms with E-state index in [2.05, 4.69) is 0 Å². The van der Waals surface area contributed by atoms with Crippen LogP contribution in [0.3, 0.4) is 0 Å². The number of carbonyl (C=O) groups excluding carboxylic acids is 2. The lowest BCUT2D eigenvalue weighted by Gasteiger charge is -2.37. The third-order valence-electron chi connectivity index (χ3n) is 8.69. The van der Waals surface area contributed by atoms with Crippen molar-refractivity contribution in [3.8, 4) is 0 Å². The Labute approximate surface area is 224 Å². The Morgan fingerprint density at radius 1 is 1.16 bits per heavy atom. The maximum atomic E-state index is 13.8. The van der Waals surface area contributed by atoms with Gasteiger partial charge in [-0.25, -0.2) is 8.42 Å². The minimum Gasteiger partial charge on any atom is -0.383 e. The second kappa shape index (κ2) is 11.0. The topological polar surface area (TPSA) is 84.0 Å². The van der Waals surface area contributed by atoms with Gasteiger partial charge in [-0.1, -0.05) is 44.2 Å². The van der Waals surface area contributed by atoms with Gasteiger partial charge in [-0.3, -0.25) is 9.59 Å². The van der Waals surface area contributed by atoms with Crippen molar-refractivity contribution >= 4 is 33.1 Å². The number of methoxy groups -OCH3 is 1. The quantitative estimate of drug-likeness (QED) is 0.397. The third kappa shape index (κ3) is 5.55. The molecule has 2 aliphatic rings. The number of hydrogen-bond acceptors (Lipinski definition) is 6. The molecule has 1 amide bonds. The predicted molar refractivity (Wildman–Crippen MR) is 146 cm³/mol. The van der Waals surface area contributed by atoms with Crippen molar-refractivity contribution in [2.45, 2.75) is 53.1 Å². The van der Waals surface area contributed by atoms with Crippen LogP contribution in [0.25, 0.3) is 0 Å². The van der Waals surface area contributed by atoms with Gasteiger partial charge in [-0.05, 0) is 53.7 Å². The van der Waals surface area contributed by atoms with Crippen LogP contribution in [0.15, 0.2) is 41.8 Å². The molecule has 0 aliphatic heterocycles. The van der Waals surface area contributed by atoms with Gasteiger partial charge in [-0.2, -0.15) is 4.31 Å². The molecule has 7 nitrogen and oxygen atoms in total. The molecule has 0 saturated heterocycles. The van der Waals surface area contributed by atoms with E-state index in [1.165, 1.54) is 11.4 Å². The summed E-state index contributed by atoms with van der Waals surface area (Å²) in [5.41, 5.74) is 0.828. The normalized spacial score (nSPS) is 22.6. The highest BCUT2D eigenvalue weighted by molar-refractivity contribution is 7.89. The van der Waals surface area contributed by atoms with Gasteiger partial charge >= 0.3 is 0 Å². The lowest BCUT2D eigenvalue weighted by Crippen LogP contribution is -2.49. The molecule has 2 saturated carbocycles. The number of aryl methyl sites for hydroxylation is 1. The standard InChI is InChI=1S/C28H38N2O5S2/c1-21-11-15-36-24(21)18-29(17-22-8-6-5-7-9-22)26(32)19-30(13-14-35-4)37(33,34)20-28-12-10-23(16-25(28)31)27(28,2)3/h5-9,11,15,23H,10,12-14,16-20H2,1-4H3. The van der Waals surface area contributed by atoms with Gasteiger partial charge in [0.05, 0.1) is 25.4 Å². The van der Waals surface area contributed by atoms with Crippen LogP contribution in [0.2, 0.25) is 0 Å². The second-order valence-electron chi connectivity index (χ2n) is 11.0. The summed E-state index contributed by atoms with van der Waals surface area (Å²) in [5.74, 6) is -0.244. The number of amides is 1. The van der Waals surface area contributed by atoms with E-state index in [0.29, 0.717) is 25.9 Å². The number of ketones is 1. The molecule has 2 atom stereocenters. The number of carbonyl (C=O) groups is 2. The maximum absolute atomic E-state index is 13.8. The smallest absolute Gasteiger partial charge is 0.238 e. The van der Waals surface area contributed by atoms with Crippen molar-refractivity contribution in [1.82, 2.24) is 9.21 Å². The first-order chi connectivity index (χ1) is 17.5. The average molecular weight is 547 g/mol. The summed E-state index contributed by atoms with van der Waals surface area (Å²) in [6.07, 6.45) is 1.91. The summed E-state index contributed by atoms with van der Waals surface area (Å²) in [6, 6.07) is 11.7. The zero-order valence-electron chi connectivity index (χ0n) is 22.2. The van der Waals surface area contributed by atoms with E-state index in [4.69, 9.17) is 4.74 Å². The Morgan fingerprint density at radius 2 is 1.89 bits per heavy atom. The van der Waals surface area contributed by atoms with Crippen molar-refractivity contribution in [3.63, 3.8) is 0 Å². The summed E-state index contributed by atoms with van der Waals surface area (Å²) in [7, 11) is -2.40. The van der Waals surface area contributed by atoms with E-state index in [1.54, 1.807) is 16.2 Å². The molecule has 1 heterocycles. The third-order valence-corrected chi connectivity index (χ3v) is 11.7. The molecule has 202 valence electrons. The Balaban J connectivity index is 1.58. The number of nitrogens with zero attached hydrogens (tertiary/aromatic N) is 2. The van der Waals surface area contributed by atoms with Gasteiger partial charge in [0.25, 0.3) is 0 Å². The van der Waals surface area contributed by atoms with E-state index < -0.39 is 15.4 Å². The highest BCUT2D eigenvalue weighted by atomic mass is 32.2. The highest BCUT2D eigenvalue weighted by Gasteiger charge is 2.65. The largest absolute Gasteiger partial charge is 0.383 e. The average Bonchev–Trinajstić information content (AvgIpc) is 3.42. The van der Waals surface area contributed by atoms with Crippen molar-refractivity contribution < 1.29 is 22.7 Å². The zero-order valence-corrected chi connectivity index (χ0v) is 23.9. The summed E-state index contributed by atoms with van der Waals surface area (Å²) in [4.78, 5) is 29.6. The van der Waals surface area contributed by atoms with E-state index in [1.807, 2.05) is 62.5 Å². The van der Waals surface area contributed by atoms with E-state index in [-0.39, 0.29) is 48.5 Å². The Hall–Kier alpha value is -2.07. The predicted octanol–water partition coefficient (Wildman–Crippen LogP) is 4.26. The molecule has 1 aromatic heterocycles. The molecule has 0 N–H and O–H groups in total. The van der Waals surface area contributed by atoms with Gasteiger partial charge in [0.15, 0.2) is 0 Å². The molecule has 2 unspecified atom stereocenters. The molecule has 1 aromatic carbocycles. The molecule has 9 heteroatoms. The first-order valence-corrected chi connectivity index (χ1v) is 15.3. The first kappa shape index (κ1) is 28.0. The number of rotatable bonds is 12. The van der Waals surface area contributed by atoms with Crippen molar-refractivity contribution in [1.29, 1.82) is 0 Å². The van der Waals surface area contributed by atoms with E-state index in [0.717, 1.165) is 22.4 Å². The van der Waals surface area contributed by atoms with Crippen LogP contribution in [0.5, 0.6) is 0 Å². The van der Waals surface area contributed by atoms with Crippen LogP contribution in [-0.2, 0) is 37.4 Å². The van der Waals surface area contributed by atoms with Gasteiger partial charge in [0, 0.05) is 36.9 Å². The Kier molecular flexibility index (Phi) is 8.28. The minimum atomic E-state index is -3.91. The van der Waals surface area contributed by atoms with Gasteiger partial charge in [0.2, 0.25) is 15.9 Å². The zero-order chi connectivity index (χ0) is 26.8. The lowest BCUT2D eigenvalue weighted by atomic mass is 9.70. The van der Waals surface area contributed by atoms with Gasteiger partial charge < -0.3 is 9.64 Å². The van der Waals surface area contributed by atoms with E-state index >= 15 is 0 Å². The molecule has 4 rings (SSSR count). The Bertz CT molecular complexity index is 1220. The lowest BCUT2D eigenvalue weighted by molar-refractivity contribution is -0.132. The molecule has 37 heavy (non-hydrogen) atoms. The summed E-state index contributed by atoms with van der Waals surface area (Å²) >= 11 is 1.59. The number of fused-ring (bicyclic) bond motifs is 2. The fourth-order valence-corrected chi connectivity index (χ4v) is 9.11. The fourth-order valence-electron chi connectivity index (χ4n) is 6.05. The van der Waals surface area contributed by atoms with Crippen LogP contribution in [0.1, 0.15) is 49.1 Å². The van der Waals surface area contributed by atoms with Crippen molar-refractivity contribution in [2.24, 2.45) is 16.7 Å². The van der Waals surface area contributed by atoms with E-state index in [9.17, 15) is 18.0 Å². The van der Waals surface area contributed by atoms with Crippen molar-refractivity contribution in [2.75, 3.05) is 32.6 Å². The van der Waals surface area contributed by atoms with Crippen molar-refractivity contribution in [3.05, 3.63) is 57.8 Å². The minimum absolute atomic E-state index is 0.0502. The number of benzene rings is 1. The first-order valence-electron chi connectivity index (χ1n) is 12.8. The summed E-state index contributed by atoms with van der Waals surface area (Å²) in [5, 5.41) is 2.00. The summed E-state index contributed by atoms with van der Waals surface area (Å²) in [6.45, 7) is 6.82. The number of Topliss-reactive ketones (excluding diaryl/α,β-unsaturated/α-hetero) is 1. The van der Waals surface area contributed by atoms with Crippen LogP contribution >= 0.6 is 11.3 Å². The molecule has 2 aliphatic carbocycles.